The maximum Gasteiger partial charge on any atom is 0.338 e. The van der Waals surface area contributed by atoms with Crippen LogP contribution < -0.4 is 10.5 Å². The van der Waals surface area contributed by atoms with Crippen LogP contribution in [0.15, 0.2) is 36.7 Å². The van der Waals surface area contributed by atoms with Gasteiger partial charge < -0.3 is 15.2 Å². The van der Waals surface area contributed by atoms with Gasteiger partial charge in [-0.25, -0.2) is 14.8 Å². The lowest BCUT2D eigenvalue weighted by molar-refractivity contribution is 0.0462. The van der Waals surface area contributed by atoms with Crippen LogP contribution in [-0.4, -0.2) is 23.0 Å². The molecule has 0 radical (unpaired) electrons. The van der Waals surface area contributed by atoms with Crippen LogP contribution in [0, 0.1) is 0 Å². The van der Waals surface area contributed by atoms with Crippen molar-refractivity contribution >= 4 is 11.7 Å². The second kappa shape index (κ2) is 5.81. The molecule has 0 spiro atoms. The van der Waals surface area contributed by atoms with Crippen molar-refractivity contribution < 1.29 is 14.3 Å². The Hall–Kier alpha value is -2.63. The number of nitrogens with two attached hydrogens (primary N) is 1. The van der Waals surface area contributed by atoms with E-state index in [1.807, 2.05) is 0 Å². The largest absolute Gasteiger partial charge is 0.495 e. The summed E-state index contributed by atoms with van der Waals surface area (Å²) in [5.41, 5.74) is 6.49. The Morgan fingerprint density at radius 1 is 1.32 bits per heavy atom. The van der Waals surface area contributed by atoms with Gasteiger partial charge in [-0.3, -0.25) is 0 Å². The Morgan fingerprint density at radius 2 is 2.05 bits per heavy atom. The van der Waals surface area contributed by atoms with E-state index in [1.54, 1.807) is 30.6 Å². The molecule has 0 aliphatic heterocycles. The van der Waals surface area contributed by atoms with E-state index in [-0.39, 0.29) is 6.61 Å². The van der Waals surface area contributed by atoms with Gasteiger partial charge in [-0.2, -0.15) is 0 Å². The minimum atomic E-state index is -0.481. The lowest BCUT2D eigenvalue weighted by Crippen LogP contribution is -2.07. The van der Waals surface area contributed by atoms with Crippen LogP contribution in [0.25, 0.3) is 0 Å². The maximum atomic E-state index is 11.8. The number of rotatable bonds is 4. The maximum absolute atomic E-state index is 11.8. The fourth-order valence-electron chi connectivity index (χ4n) is 1.46. The normalized spacial score (nSPS) is 9.95. The van der Waals surface area contributed by atoms with Crippen molar-refractivity contribution in [1.29, 1.82) is 0 Å². The minimum Gasteiger partial charge on any atom is -0.495 e. The molecule has 2 aromatic rings. The number of hydrogen-bond donors (Lipinski definition) is 1. The lowest BCUT2D eigenvalue weighted by atomic mass is 10.2. The highest BCUT2D eigenvalue weighted by Crippen LogP contribution is 2.22. The number of benzene rings is 1. The van der Waals surface area contributed by atoms with Gasteiger partial charge in [0.15, 0.2) is 12.4 Å². The topological polar surface area (TPSA) is 87.3 Å². The third kappa shape index (κ3) is 3.19. The van der Waals surface area contributed by atoms with E-state index >= 15 is 0 Å². The summed E-state index contributed by atoms with van der Waals surface area (Å²) in [6.45, 7) is 0.0202. The van der Waals surface area contributed by atoms with Crippen LogP contribution in [0.1, 0.15) is 16.2 Å². The van der Waals surface area contributed by atoms with Crippen LogP contribution in [0.3, 0.4) is 0 Å². The van der Waals surface area contributed by atoms with Crippen LogP contribution >= 0.6 is 0 Å². The van der Waals surface area contributed by atoms with Gasteiger partial charge >= 0.3 is 5.97 Å². The summed E-state index contributed by atoms with van der Waals surface area (Å²) in [6, 6.07) is 6.39. The first-order chi connectivity index (χ1) is 9.20. The quantitative estimate of drug-likeness (QED) is 0.660. The molecule has 2 rings (SSSR count). The van der Waals surface area contributed by atoms with Gasteiger partial charge in [0.1, 0.15) is 5.75 Å². The number of nitrogen functional groups attached to an aromatic ring is 1. The van der Waals surface area contributed by atoms with Crippen molar-refractivity contribution in [3.8, 4) is 5.75 Å². The molecule has 19 heavy (non-hydrogen) atoms. The number of methoxy groups -OCH3 is 1. The molecule has 0 saturated carbocycles. The van der Waals surface area contributed by atoms with E-state index in [4.69, 9.17) is 15.2 Å². The molecule has 1 aromatic carbocycles. The molecular weight excluding hydrogens is 246 g/mol. The molecule has 0 aliphatic carbocycles. The molecule has 0 bridgehead atoms. The van der Waals surface area contributed by atoms with E-state index in [1.165, 1.54) is 13.2 Å². The van der Waals surface area contributed by atoms with Crippen LogP contribution in [0.4, 0.5) is 5.69 Å². The molecule has 0 saturated heterocycles. The number of esters is 1. The van der Waals surface area contributed by atoms with Crippen molar-refractivity contribution in [2.75, 3.05) is 12.8 Å². The Morgan fingerprint density at radius 3 is 2.74 bits per heavy atom. The number of carbonyl (C=O) groups is 1. The van der Waals surface area contributed by atoms with Gasteiger partial charge in [0, 0.05) is 12.4 Å². The van der Waals surface area contributed by atoms with Gasteiger partial charge in [-0.15, -0.1) is 0 Å². The summed E-state index contributed by atoms with van der Waals surface area (Å²) in [4.78, 5) is 19.7. The Labute approximate surface area is 110 Å². The predicted octanol–water partition coefficient (Wildman–Crippen LogP) is 1.42. The minimum absolute atomic E-state index is 0.0202. The van der Waals surface area contributed by atoms with E-state index in [2.05, 4.69) is 9.97 Å². The zero-order valence-corrected chi connectivity index (χ0v) is 10.4. The van der Waals surface area contributed by atoms with Crippen LogP contribution in [0.5, 0.6) is 5.75 Å². The molecule has 0 fully saturated rings. The number of nitrogens with zero attached hydrogens (tertiary/aromatic N) is 2. The number of hydrogen-bond acceptors (Lipinski definition) is 6. The van der Waals surface area contributed by atoms with Gasteiger partial charge in [-0.1, -0.05) is 0 Å². The molecular formula is C13H13N3O3. The van der Waals surface area contributed by atoms with Crippen molar-refractivity contribution in [3.63, 3.8) is 0 Å². The summed E-state index contributed by atoms with van der Waals surface area (Å²) < 4.78 is 10.1. The Bertz CT molecular complexity index is 573. The summed E-state index contributed by atoms with van der Waals surface area (Å²) >= 11 is 0. The fourth-order valence-corrected chi connectivity index (χ4v) is 1.46. The number of anilines is 1. The van der Waals surface area contributed by atoms with E-state index in [0.29, 0.717) is 22.8 Å². The first kappa shape index (κ1) is 12.8. The van der Waals surface area contributed by atoms with Crippen molar-refractivity contribution in [1.82, 2.24) is 9.97 Å². The van der Waals surface area contributed by atoms with Gasteiger partial charge in [0.2, 0.25) is 0 Å². The van der Waals surface area contributed by atoms with Gasteiger partial charge in [-0.05, 0) is 24.3 Å². The average Bonchev–Trinajstić information content (AvgIpc) is 2.46. The average molecular weight is 259 g/mol. The predicted molar refractivity (Wildman–Crippen MR) is 68.6 cm³/mol. The Kier molecular flexibility index (Phi) is 3.92. The summed E-state index contributed by atoms with van der Waals surface area (Å²) in [5, 5.41) is 0. The highest BCUT2D eigenvalue weighted by Gasteiger charge is 2.10. The van der Waals surface area contributed by atoms with Crippen LogP contribution in [0.2, 0.25) is 0 Å². The Balaban J connectivity index is 2.04. The molecule has 2 N–H and O–H groups in total. The summed E-state index contributed by atoms with van der Waals surface area (Å²) in [6.07, 6.45) is 3.17. The molecule has 0 unspecified atom stereocenters. The number of ether oxygens (including phenoxy) is 2. The molecule has 1 heterocycles. The molecule has 0 atom stereocenters. The van der Waals surface area contributed by atoms with E-state index in [0.717, 1.165) is 0 Å². The van der Waals surface area contributed by atoms with E-state index < -0.39 is 5.97 Å². The van der Waals surface area contributed by atoms with Crippen molar-refractivity contribution in [3.05, 3.63) is 48.0 Å². The first-order valence-electron chi connectivity index (χ1n) is 5.57. The summed E-state index contributed by atoms with van der Waals surface area (Å²) in [7, 11) is 1.48. The number of aromatic nitrogens is 2. The first-order valence-corrected chi connectivity index (χ1v) is 5.57. The molecule has 98 valence electrons. The molecule has 1 aromatic heterocycles. The summed E-state index contributed by atoms with van der Waals surface area (Å²) in [5.74, 6) is 0.398. The molecule has 0 aliphatic rings. The second-order valence-corrected chi connectivity index (χ2v) is 3.70. The van der Waals surface area contributed by atoms with Gasteiger partial charge in [0.05, 0.1) is 18.4 Å². The van der Waals surface area contributed by atoms with Crippen molar-refractivity contribution in [2.45, 2.75) is 6.61 Å². The lowest BCUT2D eigenvalue weighted by Gasteiger charge is -2.07. The highest BCUT2D eigenvalue weighted by molar-refractivity contribution is 5.90. The standard InChI is InChI=1S/C13H13N3O3/c1-18-11-7-9(3-4-10(11)14)13(17)19-8-12-15-5-2-6-16-12/h2-7H,8,14H2,1H3. The molecule has 0 amide bonds. The molecule has 6 nitrogen and oxygen atoms in total. The van der Waals surface area contributed by atoms with Crippen LogP contribution in [-0.2, 0) is 11.3 Å². The van der Waals surface area contributed by atoms with Crippen molar-refractivity contribution in [2.24, 2.45) is 0 Å². The molecule has 6 heteroatoms. The highest BCUT2D eigenvalue weighted by atomic mass is 16.5. The van der Waals surface area contributed by atoms with Gasteiger partial charge in [0.25, 0.3) is 0 Å². The zero-order chi connectivity index (χ0) is 13.7. The SMILES string of the molecule is COc1cc(C(=O)OCc2ncccn2)ccc1N. The third-order valence-electron chi connectivity index (χ3n) is 2.42. The third-order valence-corrected chi connectivity index (χ3v) is 2.42. The smallest absolute Gasteiger partial charge is 0.338 e. The monoisotopic (exact) mass is 259 g/mol. The number of carbonyl (C=O) groups excluding carboxylic acids is 1. The fraction of sp³-hybridized carbons (Fsp3) is 0.154. The zero-order valence-electron chi connectivity index (χ0n) is 10.4. The second-order valence-electron chi connectivity index (χ2n) is 3.70. The van der Waals surface area contributed by atoms with E-state index in [9.17, 15) is 4.79 Å².